The summed E-state index contributed by atoms with van der Waals surface area (Å²) < 4.78 is 43.8. The quantitative estimate of drug-likeness (QED) is 0.0699. The zero-order valence-corrected chi connectivity index (χ0v) is 29.1. The van der Waals surface area contributed by atoms with E-state index < -0.39 is 0 Å². The van der Waals surface area contributed by atoms with Crippen LogP contribution in [0.4, 0.5) is 0 Å². The van der Waals surface area contributed by atoms with E-state index in [2.05, 4.69) is 10.3 Å². The lowest BCUT2D eigenvalue weighted by Crippen LogP contribution is -2.48. The lowest BCUT2D eigenvalue weighted by Gasteiger charge is -2.35. The van der Waals surface area contributed by atoms with E-state index in [1.54, 1.807) is 24.3 Å². The summed E-state index contributed by atoms with van der Waals surface area (Å²) in [6.45, 7) is 10.8. The molecule has 4 aliphatic rings. The van der Waals surface area contributed by atoms with Crippen LogP contribution in [0.2, 0.25) is 0 Å². The van der Waals surface area contributed by atoms with Gasteiger partial charge in [-0.15, -0.1) is 0 Å². The third kappa shape index (κ3) is 16.6. The second-order valence-corrected chi connectivity index (χ2v) is 13.2. The Bertz CT molecular complexity index is 1070. The van der Waals surface area contributed by atoms with Gasteiger partial charge in [0.15, 0.2) is 0 Å². The lowest BCUT2D eigenvalue weighted by atomic mass is 10.1. The Morgan fingerprint density at radius 1 is 0.612 bits per heavy atom. The molecule has 4 unspecified atom stereocenters. The number of unbranched alkanes of at least 4 members (excludes halogenated alkanes) is 4. The van der Waals surface area contributed by atoms with Gasteiger partial charge in [0.25, 0.3) is 11.8 Å². The van der Waals surface area contributed by atoms with Crippen molar-refractivity contribution in [2.24, 2.45) is 0 Å². The van der Waals surface area contributed by atoms with Gasteiger partial charge < -0.3 is 43.2 Å². The summed E-state index contributed by atoms with van der Waals surface area (Å²) in [4.78, 5) is 27.3. The molecule has 4 atom stereocenters. The SMILES string of the molecule is O=C(NCCCCOCC1CO1)c1cccc(C(=O)N(CCCCOCC2CO2)N(CCCCOCC2CO2)CCCCOCC2CO2)c1. The number of benzene rings is 1. The summed E-state index contributed by atoms with van der Waals surface area (Å²) in [6.07, 6.45) is 7.86. The first-order valence-corrected chi connectivity index (χ1v) is 18.4. The highest BCUT2D eigenvalue weighted by Gasteiger charge is 2.26. The predicted octanol–water partition coefficient (Wildman–Crippen LogP) is 2.86. The van der Waals surface area contributed by atoms with Gasteiger partial charge in [-0.1, -0.05) is 6.07 Å². The summed E-state index contributed by atoms with van der Waals surface area (Å²) in [5.41, 5.74) is 0.972. The Balaban J connectivity index is 1.14. The second kappa shape index (κ2) is 21.9. The molecule has 0 saturated carbocycles. The molecule has 276 valence electrons. The van der Waals surface area contributed by atoms with Crippen LogP contribution in [0.1, 0.15) is 72.1 Å². The first kappa shape index (κ1) is 38.0. The van der Waals surface area contributed by atoms with Crippen LogP contribution >= 0.6 is 0 Å². The van der Waals surface area contributed by atoms with E-state index in [0.29, 0.717) is 77.1 Å². The van der Waals surface area contributed by atoms with E-state index in [1.807, 2.05) is 5.01 Å². The summed E-state index contributed by atoms with van der Waals surface area (Å²) in [6, 6.07) is 7.05. The first-order valence-electron chi connectivity index (χ1n) is 18.4. The molecule has 0 aromatic heterocycles. The second-order valence-electron chi connectivity index (χ2n) is 13.2. The van der Waals surface area contributed by atoms with Crippen LogP contribution in [0.15, 0.2) is 24.3 Å². The van der Waals surface area contributed by atoms with Crippen LogP contribution in [-0.4, -0.2) is 152 Å². The molecule has 0 radical (unpaired) electrons. The molecule has 2 amide bonds. The van der Waals surface area contributed by atoms with Crippen molar-refractivity contribution in [1.29, 1.82) is 0 Å². The van der Waals surface area contributed by atoms with Crippen molar-refractivity contribution >= 4 is 11.8 Å². The Kier molecular flexibility index (Phi) is 17.0. The zero-order valence-electron chi connectivity index (χ0n) is 29.1. The number of epoxide rings is 4. The number of hydrogen-bond donors (Lipinski definition) is 1. The van der Waals surface area contributed by atoms with Crippen LogP contribution in [0.25, 0.3) is 0 Å². The van der Waals surface area contributed by atoms with Crippen molar-refractivity contribution in [3.05, 3.63) is 35.4 Å². The Morgan fingerprint density at radius 3 is 1.51 bits per heavy atom. The molecule has 5 rings (SSSR count). The smallest absolute Gasteiger partial charge is 0.268 e. The number of hydrazine groups is 1. The van der Waals surface area contributed by atoms with Gasteiger partial charge in [-0.25, -0.2) is 5.01 Å². The molecule has 1 aromatic carbocycles. The first-order chi connectivity index (χ1) is 24.2. The minimum absolute atomic E-state index is 0.108. The van der Waals surface area contributed by atoms with Crippen LogP contribution in [0.3, 0.4) is 0 Å². The topological polar surface area (TPSA) is 140 Å². The highest BCUT2D eigenvalue weighted by molar-refractivity contribution is 5.99. The van der Waals surface area contributed by atoms with Gasteiger partial charge in [-0.05, 0) is 69.6 Å². The highest BCUT2D eigenvalue weighted by atomic mass is 16.6. The summed E-state index contributed by atoms with van der Waals surface area (Å²) in [7, 11) is 0. The number of hydrogen-bond acceptors (Lipinski definition) is 11. The van der Waals surface area contributed by atoms with E-state index in [1.165, 1.54) is 0 Å². The monoisotopic (exact) mass is 691 g/mol. The van der Waals surface area contributed by atoms with E-state index >= 15 is 0 Å². The maximum absolute atomic E-state index is 14.2. The van der Waals surface area contributed by atoms with Crippen molar-refractivity contribution in [2.75, 3.05) is 105 Å². The van der Waals surface area contributed by atoms with E-state index in [0.717, 1.165) is 90.9 Å². The highest BCUT2D eigenvalue weighted by Crippen LogP contribution is 2.16. The number of carbonyl (C=O) groups excluding carboxylic acids is 2. The molecule has 1 N–H and O–H groups in total. The number of nitrogens with zero attached hydrogens (tertiary/aromatic N) is 2. The van der Waals surface area contributed by atoms with Crippen LogP contribution in [-0.2, 0) is 37.9 Å². The predicted molar refractivity (Wildman–Crippen MR) is 181 cm³/mol. The van der Waals surface area contributed by atoms with Crippen molar-refractivity contribution in [3.8, 4) is 0 Å². The van der Waals surface area contributed by atoms with E-state index in [4.69, 9.17) is 37.9 Å². The summed E-state index contributed by atoms with van der Waals surface area (Å²) in [5, 5.41) is 7.05. The fraction of sp³-hybridized carbons (Fsp3) is 0.778. The number of amides is 2. The summed E-state index contributed by atoms with van der Waals surface area (Å²) in [5.74, 6) is -0.293. The van der Waals surface area contributed by atoms with Gasteiger partial charge in [0.05, 0.1) is 52.9 Å². The normalized spacial score (nSPS) is 21.9. The minimum atomic E-state index is -0.185. The maximum Gasteiger partial charge on any atom is 0.268 e. The van der Waals surface area contributed by atoms with Gasteiger partial charge in [0, 0.05) is 63.7 Å². The van der Waals surface area contributed by atoms with Crippen LogP contribution < -0.4 is 5.32 Å². The minimum Gasteiger partial charge on any atom is -0.379 e. The molecule has 13 nitrogen and oxygen atoms in total. The average Bonchev–Trinajstić information content (AvgIpc) is 3.93. The van der Waals surface area contributed by atoms with Gasteiger partial charge in [-0.2, -0.15) is 0 Å². The average molecular weight is 692 g/mol. The molecular formula is C36H57N3O10. The fourth-order valence-electron chi connectivity index (χ4n) is 5.28. The third-order valence-corrected chi connectivity index (χ3v) is 8.59. The molecule has 0 spiro atoms. The van der Waals surface area contributed by atoms with Gasteiger partial charge in [0.2, 0.25) is 0 Å². The molecule has 13 heteroatoms. The fourth-order valence-corrected chi connectivity index (χ4v) is 5.28. The van der Waals surface area contributed by atoms with Gasteiger partial charge >= 0.3 is 0 Å². The molecule has 4 fully saturated rings. The molecule has 4 heterocycles. The van der Waals surface area contributed by atoms with Crippen molar-refractivity contribution in [2.45, 2.75) is 75.8 Å². The largest absolute Gasteiger partial charge is 0.379 e. The van der Waals surface area contributed by atoms with Crippen LogP contribution in [0, 0.1) is 0 Å². The molecule has 4 saturated heterocycles. The molecule has 49 heavy (non-hydrogen) atoms. The van der Waals surface area contributed by atoms with Gasteiger partial charge in [0.1, 0.15) is 24.4 Å². The Morgan fingerprint density at radius 2 is 1.04 bits per heavy atom. The molecule has 0 bridgehead atoms. The molecule has 0 aliphatic carbocycles. The Labute approximate surface area is 291 Å². The lowest BCUT2D eigenvalue weighted by molar-refractivity contribution is -0.0169. The standard InChI is InChI=1S/C36H57N3O10/c40-35(37-12-1-5-16-42-21-31-25-46-31)29-10-9-11-30(20-29)36(41)39(15-4-8-19-45-24-34-28-49-34)38(13-2-6-17-43-22-32-26-47-32)14-3-7-18-44-23-33-27-48-33/h9-11,20,31-34H,1-8,12-19,21-28H2,(H,37,40). The van der Waals surface area contributed by atoms with Gasteiger partial charge in [-0.3, -0.25) is 14.6 Å². The van der Waals surface area contributed by atoms with Crippen LogP contribution in [0.5, 0.6) is 0 Å². The van der Waals surface area contributed by atoms with Crippen molar-refractivity contribution < 1.29 is 47.5 Å². The zero-order chi connectivity index (χ0) is 33.9. The summed E-state index contributed by atoms with van der Waals surface area (Å²) >= 11 is 0. The number of nitrogens with one attached hydrogen (secondary N) is 1. The molecule has 1 aromatic rings. The number of carbonyl (C=O) groups is 2. The molecule has 4 aliphatic heterocycles. The van der Waals surface area contributed by atoms with Crippen molar-refractivity contribution in [3.63, 3.8) is 0 Å². The third-order valence-electron chi connectivity index (χ3n) is 8.59. The number of rotatable bonds is 31. The van der Waals surface area contributed by atoms with Crippen molar-refractivity contribution in [1.82, 2.24) is 15.3 Å². The Hall–Kier alpha value is -2.20. The molecular weight excluding hydrogens is 634 g/mol. The number of ether oxygens (including phenoxy) is 8. The maximum atomic E-state index is 14.2. The van der Waals surface area contributed by atoms with E-state index in [-0.39, 0.29) is 36.2 Å². The van der Waals surface area contributed by atoms with E-state index in [9.17, 15) is 9.59 Å².